The Bertz CT molecular complexity index is 1080. The summed E-state index contributed by atoms with van der Waals surface area (Å²) in [5, 5.41) is 9.46. The lowest BCUT2D eigenvalue weighted by Gasteiger charge is -2.36. The molecule has 144 valence electrons. The summed E-state index contributed by atoms with van der Waals surface area (Å²) in [6.07, 6.45) is 0. The average Bonchev–Trinajstić information content (AvgIpc) is 2.78. The molecule has 0 spiro atoms. The van der Waals surface area contributed by atoms with E-state index in [1.807, 2.05) is 47.4 Å². The van der Waals surface area contributed by atoms with Gasteiger partial charge in [-0.3, -0.25) is 4.79 Å². The zero-order valence-electron chi connectivity index (χ0n) is 16.5. The second kappa shape index (κ2) is 8.20. The lowest BCUT2D eigenvalue weighted by Crippen LogP contribution is -2.48. The monoisotopic (exact) mass is 381 g/mol. The van der Waals surface area contributed by atoms with Crippen LogP contribution in [0.4, 0.5) is 5.69 Å². The Balaban J connectivity index is 1.55. The molecule has 29 heavy (non-hydrogen) atoms. The van der Waals surface area contributed by atoms with Crippen molar-refractivity contribution >= 4 is 11.6 Å². The second-order valence-electron chi connectivity index (χ2n) is 7.32. The minimum Gasteiger partial charge on any atom is -0.368 e. The van der Waals surface area contributed by atoms with Crippen LogP contribution in [0.15, 0.2) is 72.8 Å². The molecule has 0 atom stereocenters. The second-order valence-corrected chi connectivity index (χ2v) is 7.32. The van der Waals surface area contributed by atoms with Crippen molar-refractivity contribution in [2.75, 3.05) is 31.1 Å². The molecule has 1 amide bonds. The van der Waals surface area contributed by atoms with E-state index in [1.54, 1.807) is 6.07 Å². The highest BCUT2D eigenvalue weighted by Crippen LogP contribution is 2.28. The molecule has 0 aromatic heterocycles. The summed E-state index contributed by atoms with van der Waals surface area (Å²) >= 11 is 0. The van der Waals surface area contributed by atoms with Crippen LogP contribution in [0.25, 0.3) is 11.1 Å². The Kier molecular flexibility index (Phi) is 5.31. The summed E-state index contributed by atoms with van der Waals surface area (Å²) in [4.78, 5) is 17.6. The predicted octanol–water partition coefficient (Wildman–Crippen LogP) is 4.50. The largest absolute Gasteiger partial charge is 0.368 e. The van der Waals surface area contributed by atoms with Crippen LogP contribution >= 0.6 is 0 Å². The summed E-state index contributed by atoms with van der Waals surface area (Å²) in [7, 11) is 0. The molecule has 0 aliphatic carbocycles. The van der Waals surface area contributed by atoms with Crippen molar-refractivity contribution < 1.29 is 4.79 Å². The minimum absolute atomic E-state index is 0.0252. The van der Waals surface area contributed by atoms with Gasteiger partial charge in [-0.15, -0.1) is 0 Å². The SMILES string of the molecule is Cc1cccc(N2CCN(C(=O)c3ccccc3-c3ccccc3C#N)CC2)c1. The molecule has 0 radical (unpaired) electrons. The molecule has 0 N–H and O–H groups in total. The molecule has 4 nitrogen and oxygen atoms in total. The molecule has 1 aliphatic heterocycles. The van der Waals surface area contributed by atoms with Crippen LogP contribution in [-0.2, 0) is 0 Å². The molecular weight excluding hydrogens is 358 g/mol. The summed E-state index contributed by atoms with van der Waals surface area (Å²) in [5.74, 6) is 0.0252. The van der Waals surface area contributed by atoms with E-state index in [-0.39, 0.29) is 5.91 Å². The summed E-state index contributed by atoms with van der Waals surface area (Å²) in [6.45, 7) is 5.08. The fourth-order valence-electron chi connectivity index (χ4n) is 3.88. The van der Waals surface area contributed by atoms with Gasteiger partial charge in [-0.25, -0.2) is 0 Å². The molecular formula is C25H23N3O. The Morgan fingerprint density at radius 3 is 2.28 bits per heavy atom. The van der Waals surface area contributed by atoms with Crippen LogP contribution in [0.3, 0.4) is 0 Å². The third-order valence-corrected chi connectivity index (χ3v) is 5.43. The zero-order valence-corrected chi connectivity index (χ0v) is 16.5. The van der Waals surface area contributed by atoms with Crippen molar-refractivity contribution in [1.29, 1.82) is 5.26 Å². The number of benzene rings is 3. The topological polar surface area (TPSA) is 47.3 Å². The first-order valence-corrected chi connectivity index (χ1v) is 9.87. The van der Waals surface area contributed by atoms with Crippen LogP contribution in [0.1, 0.15) is 21.5 Å². The lowest BCUT2D eigenvalue weighted by molar-refractivity contribution is 0.0747. The van der Waals surface area contributed by atoms with Gasteiger partial charge in [-0.1, -0.05) is 48.5 Å². The first kappa shape index (κ1) is 18.8. The van der Waals surface area contributed by atoms with Crippen molar-refractivity contribution in [3.8, 4) is 17.2 Å². The van der Waals surface area contributed by atoms with Gasteiger partial charge in [0, 0.05) is 43.0 Å². The first-order valence-electron chi connectivity index (χ1n) is 9.87. The third-order valence-electron chi connectivity index (χ3n) is 5.43. The van der Waals surface area contributed by atoms with Crippen LogP contribution in [0.2, 0.25) is 0 Å². The van der Waals surface area contributed by atoms with Gasteiger partial charge in [0.2, 0.25) is 0 Å². The smallest absolute Gasteiger partial charge is 0.254 e. The number of anilines is 1. The number of hydrogen-bond acceptors (Lipinski definition) is 3. The van der Waals surface area contributed by atoms with E-state index < -0.39 is 0 Å². The van der Waals surface area contributed by atoms with E-state index >= 15 is 0 Å². The first-order chi connectivity index (χ1) is 14.2. The van der Waals surface area contributed by atoms with E-state index in [0.29, 0.717) is 24.2 Å². The average molecular weight is 381 g/mol. The highest BCUT2D eigenvalue weighted by Gasteiger charge is 2.24. The zero-order chi connectivity index (χ0) is 20.2. The molecule has 0 bridgehead atoms. The van der Waals surface area contributed by atoms with E-state index in [2.05, 4.69) is 42.2 Å². The van der Waals surface area contributed by atoms with Crippen LogP contribution in [0.5, 0.6) is 0 Å². The van der Waals surface area contributed by atoms with Crippen molar-refractivity contribution in [1.82, 2.24) is 4.90 Å². The number of nitrogens with zero attached hydrogens (tertiary/aromatic N) is 3. The Morgan fingerprint density at radius 1 is 0.862 bits per heavy atom. The molecule has 1 saturated heterocycles. The normalized spacial score (nSPS) is 13.8. The molecule has 0 unspecified atom stereocenters. The number of nitriles is 1. The number of amides is 1. The molecule has 1 aliphatic rings. The summed E-state index contributed by atoms with van der Waals surface area (Å²) in [5.41, 5.74) is 5.30. The summed E-state index contributed by atoms with van der Waals surface area (Å²) in [6, 6.07) is 25.7. The third kappa shape index (κ3) is 3.86. The highest BCUT2D eigenvalue weighted by atomic mass is 16.2. The van der Waals surface area contributed by atoms with E-state index in [4.69, 9.17) is 0 Å². The fourth-order valence-corrected chi connectivity index (χ4v) is 3.88. The number of carbonyl (C=O) groups excluding carboxylic acids is 1. The van der Waals surface area contributed by atoms with Gasteiger partial charge in [0.25, 0.3) is 5.91 Å². The van der Waals surface area contributed by atoms with Gasteiger partial charge in [0.15, 0.2) is 0 Å². The Hall–Kier alpha value is -3.58. The quantitative estimate of drug-likeness (QED) is 0.671. The maximum atomic E-state index is 13.3. The number of carbonyl (C=O) groups is 1. The Labute approximate surface area is 171 Å². The predicted molar refractivity (Wildman–Crippen MR) is 116 cm³/mol. The number of rotatable bonds is 3. The van der Waals surface area contributed by atoms with E-state index in [0.717, 1.165) is 24.2 Å². The number of aryl methyl sites for hydroxylation is 1. The molecule has 1 heterocycles. The van der Waals surface area contributed by atoms with Crippen molar-refractivity contribution in [3.05, 3.63) is 89.5 Å². The number of piperazine rings is 1. The minimum atomic E-state index is 0.0252. The van der Waals surface area contributed by atoms with Gasteiger partial charge in [0.1, 0.15) is 0 Å². The molecule has 4 rings (SSSR count). The van der Waals surface area contributed by atoms with Crippen molar-refractivity contribution in [2.45, 2.75) is 6.92 Å². The van der Waals surface area contributed by atoms with Crippen LogP contribution in [0, 0.1) is 18.3 Å². The molecule has 0 saturated carbocycles. The van der Waals surface area contributed by atoms with Gasteiger partial charge >= 0.3 is 0 Å². The molecule has 3 aromatic carbocycles. The van der Waals surface area contributed by atoms with Crippen LogP contribution in [-0.4, -0.2) is 37.0 Å². The summed E-state index contributed by atoms with van der Waals surface area (Å²) < 4.78 is 0. The molecule has 4 heteroatoms. The van der Waals surface area contributed by atoms with Crippen molar-refractivity contribution in [2.24, 2.45) is 0 Å². The number of hydrogen-bond donors (Lipinski definition) is 0. The van der Waals surface area contributed by atoms with Gasteiger partial charge in [0.05, 0.1) is 11.6 Å². The maximum Gasteiger partial charge on any atom is 0.254 e. The highest BCUT2D eigenvalue weighted by molar-refractivity contribution is 6.01. The van der Waals surface area contributed by atoms with E-state index in [1.165, 1.54) is 11.3 Å². The van der Waals surface area contributed by atoms with Crippen molar-refractivity contribution in [3.63, 3.8) is 0 Å². The Morgan fingerprint density at radius 2 is 1.55 bits per heavy atom. The molecule has 3 aromatic rings. The van der Waals surface area contributed by atoms with Crippen LogP contribution < -0.4 is 4.90 Å². The van der Waals surface area contributed by atoms with Gasteiger partial charge < -0.3 is 9.80 Å². The van der Waals surface area contributed by atoms with Gasteiger partial charge in [-0.2, -0.15) is 5.26 Å². The van der Waals surface area contributed by atoms with E-state index in [9.17, 15) is 10.1 Å². The standard InChI is InChI=1S/C25H23N3O/c1-19-7-6-9-21(17-19)27-13-15-28(16-14-27)25(29)24-12-5-4-11-23(24)22-10-3-2-8-20(22)18-26/h2-12,17H,13-16H2,1H3. The van der Waals surface area contributed by atoms with Gasteiger partial charge in [-0.05, 0) is 42.3 Å². The maximum absolute atomic E-state index is 13.3. The molecule has 1 fully saturated rings. The fraction of sp³-hybridized carbons (Fsp3) is 0.200. The lowest BCUT2D eigenvalue weighted by atomic mass is 9.95.